The van der Waals surface area contributed by atoms with Crippen molar-refractivity contribution in [3.05, 3.63) is 45.5 Å². The first kappa shape index (κ1) is 13.1. The van der Waals surface area contributed by atoms with E-state index in [0.29, 0.717) is 6.07 Å². The normalized spacial score (nSPS) is 11.8. The second kappa shape index (κ2) is 4.11. The molecule has 0 spiro atoms. The molecule has 0 unspecified atom stereocenters. The summed E-state index contributed by atoms with van der Waals surface area (Å²) in [6, 6.07) is 2.51. The van der Waals surface area contributed by atoms with Gasteiger partial charge in [-0.15, -0.1) is 0 Å². The van der Waals surface area contributed by atoms with E-state index in [0.717, 1.165) is 12.1 Å². The topological polar surface area (TPSA) is 67.5 Å². The summed E-state index contributed by atoms with van der Waals surface area (Å²) < 4.78 is 42.1. The molecule has 2 aromatic rings. The Hall–Kier alpha value is -2.31. The van der Waals surface area contributed by atoms with Gasteiger partial charge in [0.25, 0.3) is 0 Å². The molecule has 0 fully saturated rings. The number of alkyl halides is 3. The molecule has 0 amide bonds. The lowest BCUT2D eigenvalue weighted by molar-refractivity contribution is -0.137. The van der Waals surface area contributed by atoms with Crippen molar-refractivity contribution in [2.45, 2.75) is 13.1 Å². The van der Waals surface area contributed by atoms with Crippen molar-refractivity contribution >= 4 is 16.7 Å². The standard InChI is InChI=1S/C12H7F3O4/c1-5-7-3-2-6(12(13,14)15)4-8(7)11(18)19-9(5)10(16)17/h2-4H,1H3,(H,16,17). The molecule has 100 valence electrons. The van der Waals surface area contributed by atoms with Gasteiger partial charge < -0.3 is 9.52 Å². The van der Waals surface area contributed by atoms with Gasteiger partial charge in [-0.25, -0.2) is 9.59 Å². The number of carboxylic acid groups (broad SMARTS) is 1. The number of carboxylic acids is 1. The molecule has 19 heavy (non-hydrogen) atoms. The maximum Gasteiger partial charge on any atom is 0.416 e. The zero-order valence-electron chi connectivity index (χ0n) is 9.54. The number of fused-ring (bicyclic) bond motifs is 1. The van der Waals surface area contributed by atoms with Gasteiger partial charge >= 0.3 is 17.8 Å². The summed E-state index contributed by atoms with van der Waals surface area (Å²) in [6.45, 7) is 1.36. The molecule has 0 saturated carbocycles. The SMILES string of the molecule is Cc1c(C(=O)O)oc(=O)c2cc(C(F)(F)F)ccc12. The molecule has 0 aliphatic rings. The Morgan fingerprint density at radius 2 is 1.89 bits per heavy atom. The summed E-state index contributed by atoms with van der Waals surface area (Å²) in [5.74, 6) is -2.02. The van der Waals surface area contributed by atoms with Crippen molar-refractivity contribution in [2.24, 2.45) is 0 Å². The fourth-order valence-corrected chi connectivity index (χ4v) is 1.77. The van der Waals surface area contributed by atoms with Crippen LogP contribution in [-0.4, -0.2) is 11.1 Å². The molecule has 1 heterocycles. The Morgan fingerprint density at radius 1 is 1.26 bits per heavy atom. The van der Waals surface area contributed by atoms with Crippen LogP contribution in [0.2, 0.25) is 0 Å². The average molecular weight is 272 g/mol. The van der Waals surface area contributed by atoms with Crippen molar-refractivity contribution in [3.63, 3.8) is 0 Å². The van der Waals surface area contributed by atoms with Crippen LogP contribution in [0.15, 0.2) is 27.4 Å². The molecule has 7 heteroatoms. The van der Waals surface area contributed by atoms with Gasteiger partial charge in [0.2, 0.25) is 5.76 Å². The number of halogens is 3. The number of aryl methyl sites for hydroxylation is 1. The van der Waals surface area contributed by atoms with Crippen LogP contribution in [0.1, 0.15) is 21.7 Å². The molecule has 0 saturated heterocycles. The number of benzene rings is 1. The van der Waals surface area contributed by atoms with E-state index < -0.39 is 29.1 Å². The Labute approximate surface area is 104 Å². The van der Waals surface area contributed by atoms with Crippen LogP contribution < -0.4 is 5.63 Å². The monoisotopic (exact) mass is 272 g/mol. The summed E-state index contributed by atoms with van der Waals surface area (Å²) in [4.78, 5) is 22.4. The number of hydrogen-bond acceptors (Lipinski definition) is 3. The van der Waals surface area contributed by atoms with Crippen molar-refractivity contribution < 1.29 is 27.5 Å². The summed E-state index contributed by atoms with van der Waals surface area (Å²) >= 11 is 0. The Bertz CT molecular complexity index is 728. The first-order valence-electron chi connectivity index (χ1n) is 5.10. The van der Waals surface area contributed by atoms with Gasteiger partial charge in [-0.1, -0.05) is 6.07 Å². The van der Waals surface area contributed by atoms with Crippen molar-refractivity contribution in [3.8, 4) is 0 Å². The second-order valence-electron chi connectivity index (χ2n) is 3.91. The molecule has 0 atom stereocenters. The molecular formula is C12H7F3O4. The van der Waals surface area contributed by atoms with Gasteiger partial charge in [-0.3, -0.25) is 0 Å². The third kappa shape index (κ3) is 2.18. The van der Waals surface area contributed by atoms with Gasteiger partial charge in [0.05, 0.1) is 10.9 Å². The van der Waals surface area contributed by atoms with Crippen LogP contribution in [0.3, 0.4) is 0 Å². The first-order valence-corrected chi connectivity index (χ1v) is 5.10. The molecule has 0 aliphatic carbocycles. The van der Waals surface area contributed by atoms with Gasteiger partial charge in [0.15, 0.2) is 0 Å². The fourth-order valence-electron chi connectivity index (χ4n) is 1.77. The summed E-state index contributed by atoms with van der Waals surface area (Å²) in [5, 5.41) is 8.65. The summed E-state index contributed by atoms with van der Waals surface area (Å²) in [6.07, 6.45) is -4.58. The van der Waals surface area contributed by atoms with Crippen LogP contribution >= 0.6 is 0 Å². The van der Waals surface area contributed by atoms with Crippen LogP contribution in [0, 0.1) is 6.92 Å². The molecule has 0 radical (unpaired) electrons. The predicted octanol–water partition coefficient (Wildman–Crippen LogP) is 2.82. The highest BCUT2D eigenvalue weighted by molar-refractivity contribution is 5.94. The Balaban J connectivity index is 2.84. The van der Waals surface area contributed by atoms with Gasteiger partial charge in [0.1, 0.15) is 0 Å². The van der Waals surface area contributed by atoms with E-state index in [1.807, 2.05) is 0 Å². The van der Waals surface area contributed by atoms with E-state index in [9.17, 15) is 22.8 Å². The lowest BCUT2D eigenvalue weighted by atomic mass is 10.0. The van der Waals surface area contributed by atoms with E-state index >= 15 is 0 Å². The zero-order chi connectivity index (χ0) is 14.4. The van der Waals surface area contributed by atoms with Gasteiger partial charge in [-0.05, 0) is 24.4 Å². The van der Waals surface area contributed by atoms with Gasteiger partial charge in [-0.2, -0.15) is 13.2 Å². The smallest absolute Gasteiger partial charge is 0.416 e. The molecule has 4 nitrogen and oxygen atoms in total. The largest absolute Gasteiger partial charge is 0.475 e. The summed E-state index contributed by atoms with van der Waals surface area (Å²) in [5.41, 5.74) is -1.99. The Morgan fingerprint density at radius 3 is 2.42 bits per heavy atom. The van der Waals surface area contributed by atoms with E-state index in [2.05, 4.69) is 4.42 Å². The summed E-state index contributed by atoms with van der Waals surface area (Å²) in [7, 11) is 0. The van der Waals surface area contributed by atoms with Crippen LogP contribution in [-0.2, 0) is 6.18 Å². The molecule has 1 N–H and O–H groups in total. The molecule has 0 aliphatic heterocycles. The fraction of sp³-hybridized carbons (Fsp3) is 0.167. The van der Waals surface area contributed by atoms with Gasteiger partial charge in [0, 0.05) is 5.56 Å². The molecule has 1 aromatic heterocycles. The second-order valence-corrected chi connectivity index (χ2v) is 3.91. The van der Waals surface area contributed by atoms with Crippen molar-refractivity contribution in [2.75, 3.05) is 0 Å². The number of hydrogen-bond donors (Lipinski definition) is 1. The third-order valence-corrected chi connectivity index (χ3v) is 2.70. The molecule has 1 aromatic carbocycles. The maximum absolute atomic E-state index is 12.5. The number of rotatable bonds is 1. The lowest BCUT2D eigenvalue weighted by Crippen LogP contribution is -2.11. The van der Waals surface area contributed by atoms with E-state index in [-0.39, 0.29) is 16.3 Å². The highest BCUT2D eigenvalue weighted by Gasteiger charge is 2.31. The molecule has 0 bridgehead atoms. The van der Waals surface area contributed by atoms with Crippen LogP contribution in [0.4, 0.5) is 13.2 Å². The maximum atomic E-state index is 12.5. The molecule has 2 rings (SSSR count). The van der Waals surface area contributed by atoms with E-state index in [4.69, 9.17) is 5.11 Å². The molecular weight excluding hydrogens is 265 g/mol. The van der Waals surface area contributed by atoms with Crippen LogP contribution in [0.5, 0.6) is 0 Å². The quantitative estimate of drug-likeness (QED) is 0.866. The third-order valence-electron chi connectivity index (χ3n) is 2.70. The minimum absolute atomic E-state index is 0.107. The highest BCUT2D eigenvalue weighted by Crippen LogP contribution is 2.31. The minimum atomic E-state index is -4.58. The van der Waals surface area contributed by atoms with Crippen LogP contribution in [0.25, 0.3) is 10.8 Å². The number of aromatic carboxylic acids is 1. The minimum Gasteiger partial charge on any atom is -0.475 e. The average Bonchev–Trinajstić information content (AvgIpc) is 2.31. The highest BCUT2D eigenvalue weighted by atomic mass is 19.4. The lowest BCUT2D eigenvalue weighted by Gasteiger charge is -2.09. The van der Waals surface area contributed by atoms with E-state index in [1.54, 1.807) is 0 Å². The van der Waals surface area contributed by atoms with Crippen molar-refractivity contribution in [1.82, 2.24) is 0 Å². The number of carbonyl (C=O) groups is 1. The zero-order valence-corrected chi connectivity index (χ0v) is 9.54. The van der Waals surface area contributed by atoms with Crippen molar-refractivity contribution in [1.29, 1.82) is 0 Å². The first-order chi connectivity index (χ1) is 8.71. The van der Waals surface area contributed by atoms with E-state index in [1.165, 1.54) is 6.92 Å². The Kier molecular flexibility index (Phi) is 2.84. The predicted molar refractivity (Wildman–Crippen MR) is 59.2 cm³/mol.